The standard InChI is InChI=1S/C21H24FN3O2/c22-18-6-2-5-17(13-18)21(27)25(11-3-10-23)14-15-4-1-7-19(12-15)24-20(26)16-8-9-16/h1-2,4-7,12-13,16H,3,8-11,14,23H2,(H,24,26). The second-order valence-corrected chi connectivity index (χ2v) is 6.84. The van der Waals surface area contributed by atoms with Crippen molar-refractivity contribution in [3.63, 3.8) is 0 Å². The van der Waals surface area contributed by atoms with Crippen LogP contribution >= 0.6 is 0 Å². The largest absolute Gasteiger partial charge is 0.334 e. The fraction of sp³-hybridized carbons (Fsp3) is 0.333. The number of hydrogen-bond donors (Lipinski definition) is 2. The monoisotopic (exact) mass is 369 g/mol. The van der Waals surface area contributed by atoms with Crippen LogP contribution in [0.5, 0.6) is 0 Å². The van der Waals surface area contributed by atoms with Gasteiger partial charge in [0.25, 0.3) is 5.91 Å². The van der Waals surface area contributed by atoms with Crippen LogP contribution in [-0.4, -0.2) is 29.8 Å². The average Bonchev–Trinajstić information content (AvgIpc) is 3.50. The molecule has 0 heterocycles. The van der Waals surface area contributed by atoms with Gasteiger partial charge in [-0.25, -0.2) is 4.39 Å². The quantitative estimate of drug-likeness (QED) is 0.750. The number of nitrogens with zero attached hydrogens (tertiary/aromatic N) is 1. The molecule has 2 aromatic carbocycles. The molecule has 0 aromatic heterocycles. The molecule has 6 heteroatoms. The molecule has 3 rings (SSSR count). The van der Waals surface area contributed by atoms with Gasteiger partial charge in [-0.2, -0.15) is 0 Å². The van der Waals surface area contributed by atoms with Crippen molar-refractivity contribution in [1.82, 2.24) is 4.90 Å². The van der Waals surface area contributed by atoms with Crippen LogP contribution in [0, 0.1) is 11.7 Å². The smallest absolute Gasteiger partial charge is 0.254 e. The second kappa shape index (κ2) is 8.77. The van der Waals surface area contributed by atoms with Gasteiger partial charge in [0.1, 0.15) is 5.82 Å². The van der Waals surface area contributed by atoms with Crippen LogP contribution in [0.2, 0.25) is 0 Å². The maximum Gasteiger partial charge on any atom is 0.254 e. The molecular formula is C21H24FN3O2. The zero-order valence-corrected chi connectivity index (χ0v) is 15.2. The summed E-state index contributed by atoms with van der Waals surface area (Å²) in [6.07, 6.45) is 2.54. The van der Waals surface area contributed by atoms with Crippen LogP contribution in [-0.2, 0) is 11.3 Å². The summed E-state index contributed by atoms with van der Waals surface area (Å²) in [4.78, 5) is 26.4. The molecule has 0 atom stereocenters. The molecule has 0 radical (unpaired) electrons. The Morgan fingerprint density at radius 2 is 1.93 bits per heavy atom. The summed E-state index contributed by atoms with van der Waals surface area (Å²) in [5.41, 5.74) is 7.53. The van der Waals surface area contributed by atoms with Gasteiger partial charge in [0.2, 0.25) is 5.91 Å². The molecule has 2 amide bonds. The normalized spacial score (nSPS) is 13.3. The summed E-state index contributed by atoms with van der Waals surface area (Å²) in [5, 5.41) is 2.92. The minimum absolute atomic E-state index is 0.0444. The molecule has 27 heavy (non-hydrogen) atoms. The number of anilines is 1. The van der Waals surface area contributed by atoms with Crippen molar-refractivity contribution < 1.29 is 14.0 Å². The van der Waals surface area contributed by atoms with Crippen LogP contribution in [0.25, 0.3) is 0 Å². The summed E-state index contributed by atoms with van der Waals surface area (Å²) in [6.45, 7) is 1.30. The van der Waals surface area contributed by atoms with E-state index in [1.165, 1.54) is 18.2 Å². The van der Waals surface area contributed by atoms with Gasteiger partial charge in [0, 0.05) is 30.3 Å². The van der Waals surface area contributed by atoms with E-state index in [9.17, 15) is 14.0 Å². The molecule has 0 spiro atoms. The van der Waals surface area contributed by atoms with Gasteiger partial charge in [-0.1, -0.05) is 18.2 Å². The average molecular weight is 369 g/mol. The molecule has 0 bridgehead atoms. The van der Waals surface area contributed by atoms with Gasteiger partial charge in [-0.05, 0) is 61.7 Å². The Morgan fingerprint density at radius 1 is 1.15 bits per heavy atom. The SMILES string of the molecule is NCCCN(Cc1cccc(NC(=O)C2CC2)c1)C(=O)c1cccc(F)c1. The first-order chi connectivity index (χ1) is 13.1. The second-order valence-electron chi connectivity index (χ2n) is 6.84. The summed E-state index contributed by atoms with van der Waals surface area (Å²) < 4.78 is 13.5. The topological polar surface area (TPSA) is 75.4 Å². The fourth-order valence-corrected chi connectivity index (χ4v) is 2.90. The predicted molar refractivity (Wildman–Crippen MR) is 103 cm³/mol. The number of carbonyl (C=O) groups is 2. The Labute approximate surface area is 158 Å². The Kier molecular flexibility index (Phi) is 6.19. The Bertz CT molecular complexity index is 821. The van der Waals surface area contributed by atoms with Crippen LogP contribution in [0.15, 0.2) is 48.5 Å². The molecule has 0 unspecified atom stereocenters. The number of hydrogen-bond acceptors (Lipinski definition) is 3. The van der Waals surface area contributed by atoms with E-state index < -0.39 is 5.82 Å². The van der Waals surface area contributed by atoms with E-state index in [2.05, 4.69) is 5.32 Å². The summed E-state index contributed by atoms with van der Waals surface area (Å²) in [7, 11) is 0. The first kappa shape index (κ1) is 19.0. The molecule has 1 aliphatic rings. The van der Waals surface area contributed by atoms with Crippen LogP contribution in [0.1, 0.15) is 35.2 Å². The van der Waals surface area contributed by atoms with E-state index in [-0.39, 0.29) is 17.7 Å². The van der Waals surface area contributed by atoms with Gasteiger partial charge >= 0.3 is 0 Å². The lowest BCUT2D eigenvalue weighted by molar-refractivity contribution is -0.117. The van der Waals surface area contributed by atoms with Crippen molar-refractivity contribution in [2.75, 3.05) is 18.4 Å². The Hall–Kier alpha value is -2.73. The third-order valence-corrected chi connectivity index (χ3v) is 4.51. The lowest BCUT2D eigenvalue weighted by Gasteiger charge is -2.23. The Morgan fingerprint density at radius 3 is 2.63 bits per heavy atom. The maximum atomic E-state index is 13.5. The highest BCUT2D eigenvalue weighted by molar-refractivity contribution is 5.95. The molecule has 1 saturated carbocycles. The van der Waals surface area contributed by atoms with Crippen molar-refractivity contribution in [2.24, 2.45) is 11.7 Å². The van der Waals surface area contributed by atoms with Gasteiger partial charge < -0.3 is 16.0 Å². The van der Waals surface area contributed by atoms with Crippen LogP contribution in [0.3, 0.4) is 0 Å². The van der Waals surface area contributed by atoms with Crippen LogP contribution in [0.4, 0.5) is 10.1 Å². The molecule has 3 N–H and O–H groups in total. The molecule has 2 aromatic rings. The third-order valence-electron chi connectivity index (χ3n) is 4.51. The van der Waals surface area contributed by atoms with Crippen molar-refractivity contribution >= 4 is 17.5 Å². The highest BCUT2D eigenvalue weighted by atomic mass is 19.1. The first-order valence-electron chi connectivity index (χ1n) is 9.21. The van der Waals surface area contributed by atoms with Gasteiger partial charge in [-0.3, -0.25) is 9.59 Å². The molecule has 0 saturated heterocycles. The minimum atomic E-state index is -0.440. The number of halogens is 1. The number of nitrogens with one attached hydrogen (secondary N) is 1. The van der Waals surface area contributed by atoms with E-state index in [4.69, 9.17) is 5.73 Å². The van der Waals surface area contributed by atoms with Crippen molar-refractivity contribution in [3.05, 3.63) is 65.5 Å². The zero-order valence-electron chi connectivity index (χ0n) is 15.2. The lowest BCUT2D eigenvalue weighted by Crippen LogP contribution is -2.32. The van der Waals surface area contributed by atoms with Crippen molar-refractivity contribution in [1.29, 1.82) is 0 Å². The van der Waals surface area contributed by atoms with Gasteiger partial charge in [-0.15, -0.1) is 0 Å². The zero-order chi connectivity index (χ0) is 19.2. The van der Waals surface area contributed by atoms with Gasteiger partial charge in [0.15, 0.2) is 0 Å². The number of carbonyl (C=O) groups excluding carboxylic acids is 2. The molecule has 1 fully saturated rings. The highest BCUT2D eigenvalue weighted by Gasteiger charge is 2.29. The van der Waals surface area contributed by atoms with E-state index in [1.807, 2.05) is 24.3 Å². The maximum absolute atomic E-state index is 13.5. The van der Waals surface area contributed by atoms with Crippen molar-refractivity contribution in [2.45, 2.75) is 25.8 Å². The molecular weight excluding hydrogens is 345 g/mol. The summed E-state index contributed by atoms with van der Waals surface area (Å²) in [5.74, 6) is -0.507. The van der Waals surface area contributed by atoms with Crippen molar-refractivity contribution in [3.8, 4) is 0 Å². The van der Waals surface area contributed by atoms with E-state index in [1.54, 1.807) is 11.0 Å². The van der Waals surface area contributed by atoms with Crippen LogP contribution < -0.4 is 11.1 Å². The number of nitrogens with two attached hydrogens (primary N) is 1. The Balaban J connectivity index is 1.73. The lowest BCUT2D eigenvalue weighted by atomic mass is 10.1. The van der Waals surface area contributed by atoms with Gasteiger partial charge in [0.05, 0.1) is 0 Å². The third kappa shape index (κ3) is 5.37. The molecule has 5 nitrogen and oxygen atoms in total. The molecule has 142 valence electrons. The predicted octanol–water partition coefficient (Wildman–Crippen LogP) is 3.17. The fourth-order valence-electron chi connectivity index (χ4n) is 2.90. The first-order valence-corrected chi connectivity index (χ1v) is 9.21. The van der Waals surface area contributed by atoms with E-state index in [0.29, 0.717) is 31.6 Å². The molecule has 0 aliphatic heterocycles. The minimum Gasteiger partial charge on any atom is -0.334 e. The van der Waals surface area contributed by atoms with E-state index >= 15 is 0 Å². The van der Waals surface area contributed by atoms with E-state index in [0.717, 1.165) is 24.1 Å². The highest BCUT2D eigenvalue weighted by Crippen LogP contribution is 2.30. The summed E-state index contributed by atoms with van der Waals surface area (Å²) >= 11 is 0. The molecule has 1 aliphatic carbocycles. The number of rotatable bonds is 8. The number of amides is 2. The summed E-state index contributed by atoms with van der Waals surface area (Å²) in [6, 6.07) is 13.1. The number of benzene rings is 2.